The molecule has 0 spiro atoms. The Hall–Kier alpha value is -0.870. The molecule has 1 aromatic rings. The summed E-state index contributed by atoms with van der Waals surface area (Å²) in [6, 6.07) is 12.0. The first-order valence-corrected chi connectivity index (χ1v) is 9.62. The minimum Gasteiger partial charge on any atom is -0.276 e. The van der Waals surface area contributed by atoms with Gasteiger partial charge in [-0.3, -0.25) is 4.18 Å². The third-order valence-electron chi connectivity index (χ3n) is 3.16. The van der Waals surface area contributed by atoms with Crippen LogP contribution in [0.1, 0.15) is 79.4 Å². The van der Waals surface area contributed by atoms with Crippen LogP contribution in [0.25, 0.3) is 0 Å². The molecule has 0 unspecified atom stereocenters. The van der Waals surface area contributed by atoms with Crippen molar-refractivity contribution >= 4 is 10.9 Å². The van der Waals surface area contributed by atoms with Gasteiger partial charge in [-0.15, -0.1) is 0 Å². The lowest BCUT2D eigenvalue weighted by molar-refractivity contribution is 0.418. The summed E-state index contributed by atoms with van der Waals surface area (Å²) >= 11 is 0. The van der Waals surface area contributed by atoms with Gasteiger partial charge in [0.25, 0.3) is 10.9 Å². The van der Waals surface area contributed by atoms with Gasteiger partial charge in [0, 0.05) is 1.37 Å². The number of unbranched alkanes of at least 4 members (excludes halogenated alkanes) is 9. The predicted octanol–water partition coefficient (Wildman–Crippen LogP) is 5.77. The molecule has 0 heterocycles. The Labute approximate surface area is 148 Å². The minimum atomic E-state index is -3.91. The van der Waals surface area contributed by atoms with E-state index in [1.54, 1.807) is 0 Å². The highest BCUT2D eigenvalue weighted by Crippen LogP contribution is 2.09. The fourth-order valence-electron chi connectivity index (χ4n) is 1.87. The van der Waals surface area contributed by atoms with Crippen molar-refractivity contribution in [2.75, 3.05) is 7.11 Å². The Bertz CT molecular complexity index is 403. The van der Waals surface area contributed by atoms with Crippen LogP contribution in [0, 0.1) is 0 Å². The lowest BCUT2D eigenvalue weighted by atomic mass is 10.1. The molecule has 0 aliphatic carbocycles. The molecule has 1 rings (SSSR count). The zero-order valence-electron chi connectivity index (χ0n) is 16.9. The molecule has 0 radical (unpaired) electrons. The zero-order valence-corrected chi connectivity index (χ0v) is 15.7. The Balaban J connectivity index is 0. The second-order valence-corrected chi connectivity index (χ2v) is 5.95. The first kappa shape index (κ1) is 20.2. The summed E-state index contributed by atoms with van der Waals surface area (Å²) in [5.74, 6) is 0. The molecular formula is C19H36O3S. The molecule has 0 atom stereocenters. The van der Waals surface area contributed by atoms with Crippen molar-refractivity contribution in [3.8, 4) is 0 Å². The van der Waals surface area contributed by atoms with Gasteiger partial charge in [0.2, 0.25) is 1.12 Å². The molecule has 23 heavy (non-hydrogen) atoms. The largest absolute Gasteiger partial charge is 0.276 e. The Kier molecular flexibility index (Phi) is 20.5. The summed E-state index contributed by atoms with van der Waals surface area (Å²) in [5, 5.41) is 0. The van der Waals surface area contributed by atoms with Gasteiger partial charge in [-0.25, -0.2) is 8.42 Å². The summed E-state index contributed by atoms with van der Waals surface area (Å²) < 4.78 is 35.4. The molecule has 0 saturated heterocycles. The zero-order chi connectivity index (χ0) is 19.2. The summed E-state index contributed by atoms with van der Waals surface area (Å²) in [6.07, 6.45) is 13.6. The molecule has 0 fully saturated rings. The van der Waals surface area contributed by atoms with E-state index in [1.807, 2.05) is 36.4 Å². The average Bonchev–Trinajstić information content (AvgIpc) is 2.62. The van der Waals surface area contributed by atoms with E-state index in [2.05, 4.69) is 11.1 Å². The van der Waals surface area contributed by atoms with E-state index < -0.39 is 10.9 Å². The second kappa shape index (κ2) is 23.4. The molecule has 3 nitrogen and oxygen atoms in total. The van der Waals surface area contributed by atoms with E-state index in [4.69, 9.17) is 2.49 Å². The van der Waals surface area contributed by atoms with Crippen LogP contribution in [-0.4, -0.2) is 16.7 Å². The summed E-state index contributed by atoms with van der Waals surface area (Å²) in [5.41, 5.74) is 0. The smallest absolute Gasteiger partial charge is 0.256 e. The molecule has 0 N–H and O–H groups in total. The maximum absolute atomic E-state index is 9.44. The van der Waals surface area contributed by atoms with E-state index in [9.17, 15) is 8.42 Å². The van der Waals surface area contributed by atoms with Crippen molar-refractivity contribution in [2.24, 2.45) is 0 Å². The predicted molar refractivity (Wildman–Crippen MR) is 101 cm³/mol. The fraction of sp³-hybridized carbons (Fsp3) is 0.684. The van der Waals surface area contributed by atoms with Crippen LogP contribution in [0.4, 0.5) is 0 Å². The molecule has 136 valence electrons. The van der Waals surface area contributed by atoms with Crippen LogP contribution >= 0.6 is 0 Å². The molecule has 0 aromatic heterocycles. The molecule has 0 saturated carbocycles. The Morgan fingerprint density at radius 1 is 0.783 bits per heavy atom. The molecule has 0 aliphatic rings. The molecule has 1 aromatic carbocycles. The maximum atomic E-state index is 9.44. The topological polar surface area (TPSA) is 43.4 Å². The van der Waals surface area contributed by atoms with Gasteiger partial charge < -0.3 is 0 Å². The van der Waals surface area contributed by atoms with E-state index in [0.29, 0.717) is 6.90 Å². The highest BCUT2D eigenvalue weighted by Gasteiger charge is 1.90. The van der Waals surface area contributed by atoms with E-state index in [1.165, 1.54) is 57.8 Å². The fourth-order valence-corrected chi connectivity index (χ4v) is 1.87. The van der Waals surface area contributed by atoms with Gasteiger partial charge in [-0.2, -0.15) is 0 Å². The van der Waals surface area contributed by atoms with Crippen LogP contribution in [0.3, 0.4) is 0 Å². The number of benzene rings is 1. The first-order valence-electron chi connectivity index (χ1n) is 9.73. The normalized spacial score (nSPS) is 11.2. The summed E-state index contributed by atoms with van der Waals surface area (Å²) in [4.78, 5) is 0. The summed E-state index contributed by atoms with van der Waals surface area (Å²) in [7, 11) is -2.98. The average molecular weight is 347 g/mol. The van der Waals surface area contributed by atoms with Crippen molar-refractivity contribution in [1.29, 1.82) is 1.12 Å². The van der Waals surface area contributed by atoms with Crippen LogP contribution in [0.15, 0.2) is 36.4 Å². The van der Waals surface area contributed by atoms with Crippen LogP contribution < -0.4 is 0 Å². The molecule has 0 bridgehead atoms. The van der Waals surface area contributed by atoms with Gasteiger partial charge >= 0.3 is 0 Å². The quantitative estimate of drug-likeness (QED) is 0.432. The SMILES string of the molecule is [2H]CCCCCCCCCCCC.[2H]S(=O)(=O)OC.c1ccccc1. The lowest BCUT2D eigenvalue weighted by Gasteiger charge is -1.99. The third-order valence-corrected chi connectivity index (χ3v) is 3.43. The standard InChI is InChI=1S/C12H26.C6H6.CH4O3S/c1-3-5-7-9-11-12-10-8-6-4-2;1-2-4-6-5-3-1;1-4-5(2)3/h3-12H2,1-2H3;1-6H;5H,1H3/i1D;;5D. The first-order chi connectivity index (χ1) is 12.0. The van der Waals surface area contributed by atoms with Crippen molar-refractivity contribution in [3.05, 3.63) is 36.4 Å². The van der Waals surface area contributed by atoms with Crippen LogP contribution in [0.2, 0.25) is 0 Å². The van der Waals surface area contributed by atoms with E-state index >= 15 is 0 Å². The van der Waals surface area contributed by atoms with Crippen molar-refractivity contribution in [3.63, 3.8) is 0 Å². The second-order valence-electron chi connectivity index (χ2n) is 5.21. The Morgan fingerprint density at radius 3 is 1.35 bits per heavy atom. The molecular weight excluding hydrogens is 308 g/mol. The van der Waals surface area contributed by atoms with Crippen LogP contribution in [0.5, 0.6) is 0 Å². The summed E-state index contributed by atoms with van der Waals surface area (Å²) in [6.45, 7) is 2.89. The minimum absolute atomic E-state index is 0.622. The number of hydrogen-bond donors (Lipinski definition) is 1. The van der Waals surface area contributed by atoms with Gasteiger partial charge in [0.15, 0.2) is 0 Å². The number of thiol groups is 1. The third kappa shape index (κ3) is 29.7. The van der Waals surface area contributed by atoms with Gasteiger partial charge in [0.1, 0.15) is 0 Å². The maximum Gasteiger partial charge on any atom is 0.256 e. The van der Waals surface area contributed by atoms with Gasteiger partial charge in [0.05, 0.1) is 7.11 Å². The van der Waals surface area contributed by atoms with Crippen molar-refractivity contribution in [1.82, 2.24) is 0 Å². The van der Waals surface area contributed by atoms with E-state index in [0.717, 1.165) is 13.5 Å². The molecule has 4 heteroatoms. The highest BCUT2D eigenvalue weighted by atomic mass is 32.2. The van der Waals surface area contributed by atoms with E-state index in [-0.39, 0.29) is 0 Å². The highest BCUT2D eigenvalue weighted by molar-refractivity contribution is 7.67. The van der Waals surface area contributed by atoms with Crippen molar-refractivity contribution in [2.45, 2.75) is 78.0 Å². The monoisotopic (exact) mass is 346 g/mol. The van der Waals surface area contributed by atoms with Gasteiger partial charge in [-0.1, -0.05) is 114 Å². The van der Waals surface area contributed by atoms with Gasteiger partial charge in [-0.05, 0) is 0 Å². The molecule has 0 amide bonds. The number of hydrogen-bond acceptors (Lipinski definition) is 3. The molecule has 0 aliphatic heterocycles. The van der Waals surface area contributed by atoms with Crippen LogP contribution in [-0.2, 0) is 15.1 Å². The number of rotatable bonds is 10. The Morgan fingerprint density at radius 2 is 1.09 bits per heavy atom. The van der Waals surface area contributed by atoms with Crippen molar-refractivity contribution < 1.29 is 14.0 Å². The lowest BCUT2D eigenvalue weighted by Crippen LogP contribution is -1.80.